The third-order valence-electron chi connectivity index (χ3n) is 6.96. The maximum Gasteiger partial charge on any atom is 0.229 e. The Kier molecular flexibility index (Phi) is 8.17. The Morgan fingerprint density at radius 1 is 0.786 bits per heavy atom. The highest BCUT2D eigenvalue weighted by Crippen LogP contribution is 2.51. The maximum absolute atomic E-state index is 13.3. The molecule has 2 aromatic carbocycles. The highest BCUT2D eigenvalue weighted by molar-refractivity contribution is 5.95. The molecule has 1 aromatic heterocycles. The molecule has 0 aliphatic carbocycles. The SMILES string of the molecule is O=c1cc(-c2ccc(O)cc2)oc2c(O[C@H]3OC[C@@H](O)[C@@H](O)[C@@H]3O)c(O)c(O[C@@H]3O[C@H](CO)[C@@H](O)[C@H](O)[C@H]3O)c(O)c12. The lowest BCUT2D eigenvalue weighted by atomic mass is 9.99. The van der Waals surface area contributed by atoms with Crippen molar-refractivity contribution in [2.24, 2.45) is 0 Å². The summed E-state index contributed by atoms with van der Waals surface area (Å²) in [5.41, 5.74) is -1.20. The number of rotatable bonds is 6. The van der Waals surface area contributed by atoms with Crippen LogP contribution >= 0.6 is 0 Å². The van der Waals surface area contributed by atoms with E-state index in [1.807, 2.05) is 0 Å². The van der Waals surface area contributed by atoms with Crippen LogP contribution in [0.4, 0.5) is 0 Å². The number of ether oxygens (including phenoxy) is 4. The van der Waals surface area contributed by atoms with Crippen LogP contribution in [-0.2, 0) is 9.47 Å². The number of aliphatic hydroxyl groups excluding tert-OH is 7. The molecule has 0 saturated carbocycles. The molecule has 0 amide bonds. The third kappa shape index (κ3) is 5.19. The molecular formula is C26H28O16. The van der Waals surface area contributed by atoms with Crippen molar-refractivity contribution in [1.29, 1.82) is 0 Å². The van der Waals surface area contributed by atoms with Crippen LogP contribution in [0, 0.1) is 0 Å². The summed E-state index contributed by atoms with van der Waals surface area (Å²) in [7, 11) is 0. The van der Waals surface area contributed by atoms with Crippen LogP contribution in [0.1, 0.15) is 0 Å². The number of fused-ring (bicyclic) bond motifs is 1. The van der Waals surface area contributed by atoms with Crippen molar-refractivity contribution in [1.82, 2.24) is 0 Å². The molecule has 0 bridgehead atoms. The van der Waals surface area contributed by atoms with Gasteiger partial charge in [0.1, 0.15) is 59.6 Å². The zero-order valence-electron chi connectivity index (χ0n) is 21.4. The Morgan fingerprint density at radius 3 is 2.10 bits per heavy atom. The molecule has 3 aromatic rings. The van der Waals surface area contributed by atoms with Crippen LogP contribution in [-0.4, -0.2) is 120 Å². The van der Waals surface area contributed by atoms with E-state index in [4.69, 9.17) is 23.4 Å². The zero-order valence-corrected chi connectivity index (χ0v) is 21.4. The number of hydrogen-bond donors (Lipinski definition) is 10. The molecule has 0 radical (unpaired) electrons. The van der Waals surface area contributed by atoms with E-state index < -0.39 is 108 Å². The number of hydrogen-bond acceptors (Lipinski definition) is 16. The summed E-state index contributed by atoms with van der Waals surface area (Å²) in [4.78, 5) is 13.3. The van der Waals surface area contributed by atoms with Gasteiger partial charge in [0.15, 0.2) is 16.8 Å². The molecule has 42 heavy (non-hydrogen) atoms. The first-order chi connectivity index (χ1) is 19.9. The van der Waals surface area contributed by atoms with Crippen molar-refractivity contribution in [2.45, 2.75) is 55.3 Å². The lowest BCUT2D eigenvalue weighted by molar-refractivity contribution is -0.277. The second kappa shape index (κ2) is 11.5. The van der Waals surface area contributed by atoms with Gasteiger partial charge in [-0.1, -0.05) is 0 Å². The summed E-state index contributed by atoms with van der Waals surface area (Å²) in [5, 5.41) is 102. The molecule has 228 valence electrons. The Balaban J connectivity index is 1.66. The third-order valence-corrected chi connectivity index (χ3v) is 6.96. The fraction of sp³-hybridized carbons (Fsp3) is 0.423. The molecule has 2 aliphatic rings. The number of phenols is 3. The Morgan fingerprint density at radius 2 is 1.43 bits per heavy atom. The van der Waals surface area contributed by atoms with Crippen LogP contribution in [0.15, 0.2) is 39.5 Å². The second-order valence-electron chi connectivity index (χ2n) is 9.76. The monoisotopic (exact) mass is 596 g/mol. The average molecular weight is 596 g/mol. The quantitative estimate of drug-likeness (QED) is 0.142. The molecule has 2 saturated heterocycles. The van der Waals surface area contributed by atoms with Gasteiger partial charge in [-0.15, -0.1) is 0 Å². The van der Waals surface area contributed by atoms with E-state index in [1.165, 1.54) is 24.3 Å². The fourth-order valence-corrected chi connectivity index (χ4v) is 4.58. The van der Waals surface area contributed by atoms with Crippen LogP contribution in [0.25, 0.3) is 22.3 Å². The van der Waals surface area contributed by atoms with E-state index in [-0.39, 0.29) is 17.1 Å². The summed E-state index contributed by atoms with van der Waals surface area (Å²) < 4.78 is 27.3. The second-order valence-corrected chi connectivity index (χ2v) is 9.76. The number of benzene rings is 2. The number of aliphatic hydroxyl groups is 7. The van der Waals surface area contributed by atoms with Crippen LogP contribution in [0.2, 0.25) is 0 Å². The molecular weight excluding hydrogens is 568 g/mol. The van der Waals surface area contributed by atoms with Gasteiger partial charge in [0, 0.05) is 11.6 Å². The summed E-state index contributed by atoms with van der Waals surface area (Å²) in [5.74, 6) is -4.00. The van der Waals surface area contributed by atoms with Gasteiger partial charge in [-0.2, -0.15) is 0 Å². The van der Waals surface area contributed by atoms with E-state index in [1.54, 1.807) is 0 Å². The molecule has 3 heterocycles. The van der Waals surface area contributed by atoms with Crippen molar-refractivity contribution >= 4 is 11.0 Å². The molecule has 16 heteroatoms. The lowest BCUT2D eigenvalue weighted by Gasteiger charge is -2.39. The van der Waals surface area contributed by atoms with Gasteiger partial charge < -0.3 is 74.4 Å². The van der Waals surface area contributed by atoms with Gasteiger partial charge in [0.2, 0.25) is 29.8 Å². The minimum atomic E-state index is -1.98. The van der Waals surface area contributed by atoms with E-state index in [2.05, 4.69) is 0 Å². The molecule has 0 spiro atoms. The molecule has 2 fully saturated rings. The van der Waals surface area contributed by atoms with Crippen molar-refractivity contribution < 1.29 is 74.4 Å². The smallest absolute Gasteiger partial charge is 0.229 e. The molecule has 0 unspecified atom stereocenters. The minimum Gasteiger partial charge on any atom is -0.508 e. The highest BCUT2D eigenvalue weighted by atomic mass is 16.7. The van der Waals surface area contributed by atoms with Crippen molar-refractivity contribution in [3.05, 3.63) is 40.6 Å². The van der Waals surface area contributed by atoms with Gasteiger partial charge >= 0.3 is 0 Å². The number of phenolic OH excluding ortho intramolecular Hbond substituents is 3. The van der Waals surface area contributed by atoms with Gasteiger partial charge in [-0.05, 0) is 24.3 Å². The van der Waals surface area contributed by atoms with E-state index in [0.717, 1.165) is 6.07 Å². The van der Waals surface area contributed by atoms with Gasteiger partial charge in [0.25, 0.3) is 0 Å². The summed E-state index contributed by atoms with van der Waals surface area (Å²) in [6.45, 7) is -1.32. The number of aromatic hydroxyl groups is 3. The predicted molar refractivity (Wildman–Crippen MR) is 136 cm³/mol. The average Bonchev–Trinajstić information content (AvgIpc) is 2.97. The molecule has 9 atom stereocenters. The van der Waals surface area contributed by atoms with E-state index in [0.29, 0.717) is 0 Å². The van der Waals surface area contributed by atoms with Gasteiger partial charge in [-0.3, -0.25) is 4.79 Å². The van der Waals surface area contributed by atoms with Crippen molar-refractivity contribution in [2.75, 3.05) is 13.2 Å². The normalized spacial score (nSPS) is 31.6. The van der Waals surface area contributed by atoms with Crippen LogP contribution in [0.3, 0.4) is 0 Å². The van der Waals surface area contributed by atoms with E-state index >= 15 is 0 Å². The lowest BCUT2D eigenvalue weighted by Crippen LogP contribution is -2.60. The first-order valence-electron chi connectivity index (χ1n) is 12.6. The minimum absolute atomic E-state index is 0.0830. The summed E-state index contributed by atoms with van der Waals surface area (Å²) in [6.07, 6.45) is -15.8. The largest absolute Gasteiger partial charge is 0.508 e. The van der Waals surface area contributed by atoms with Crippen LogP contribution < -0.4 is 14.9 Å². The molecule has 2 aliphatic heterocycles. The topological polar surface area (TPSA) is 269 Å². The van der Waals surface area contributed by atoms with Gasteiger partial charge in [0.05, 0.1) is 13.2 Å². The summed E-state index contributed by atoms with van der Waals surface area (Å²) in [6, 6.07) is 6.40. The predicted octanol–water partition coefficient (Wildman–Crippen LogP) is -2.43. The first kappa shape index (κ1) is 29.8. The Hall–Kier alpha value is -3.71. The first-order valence-corrected chi connectivity index (χ1v) is 12.6. The van der Waals surface area contributed by atoms with Crippen LogP contribution in [0.5, 0.6) is 28.7 Å². The van der Waals surface area contributed by atoms with E-state index in [9.17, 15) is 55.9 Å². The highest BCUT2D eigenvalue weighted by Gasteiger charge is 2.46. The molecule has 5 rings (SSSR count). The zero-order chi connectivity index (χ0) is 30.5. The molecule has 10 N–H and O–H groups in total. The van der Waals surface area contributed by atoms with Crippen molar-refractivity contribution in [3.63, 3.8) is 0 Å². The summed E-state index contributed by atoms with van der Waals surface area (Å²) >= 11 is 0. The van der Waals surface area contributed by atoms with Gasteiger partial charge in [-0.25, -0.2) is 0 Å². The Bertz CT molecular complexity index is 1490. The standard InChI is InChI=1S/C26H28O16/c27-6-13-16(32)18(34)20(36)26(40-13)41-23-17(33)14-10(29)5-12(8-1-3-9(28)4-2-8)39-22(14)24(21(23)37)42-25-19(35)15(31)11(30)7-38-25/h1-5,11,13,15-16,18-20,25-28,30-37H,6-7H2/t11-,13-,15-,16-,18+,19+,20-,25-,26+/m1/s1. The van der Waals surface area contributed by atoms with Crippen molar-refractivity contribution in [3.8, 4) is 40.1 Å². The maximum atomic E-state index is 13.3. The molecule has 16 nitrogen and oxygen atoms in total. The fourth-order valence-electron chi connectivity index (χ4n) is 4.58. The Labute approximate surface area is 235 Å².